The van der Waals surface area contributed by atoms with Crippen LogP contribution in [0.2, 0.25) is 0 Å². The van der Waals surface area contributed by atoms with E-state index in [9.17, 15) is 8.78 Å². The third kappa shape index (κ3) is 2.82. The monoisotopic (exact) mass is 344 g/mol. The van der Waals surface area contributed by atoms with Gasteiger partial charge in [-0.2, -0.15) is 0 Å². The number of alkyl halides is 1. The first-order chi connectivity index (χ1) is 8.91. The molecule has 100 valence electrons. The van der Waals surface area contributed by atoms with Crippen LogP contribution < -0.4 is 0 Å². The Morgan fingerprint density at radius 1 is 1.11 bits per heavy atom. The fraction of sp³-hybridized carbons (Fsp3) is 0.200. The predicted molar refractivity (Wildman–Crippen MR) is 77.7 cm³/mol. The van der Waals surface area contributed by atoms with Gasteiger partial charge in [-0.25, -0.2) is 8.78 Å². The summed E-state index contributed by atoms with van der Waals surface area (Å²) in [5.41, 5.74) is 2.46. The van der Waals surface area contributed by atoms with Gasteiger partial charge in [-0.3, -0.25) is 0 Å². The van der Waals surface area contributed by atoms with Gasteiger partial charge in [0, 0.05) is 0 Å². The van der Waals surface area contributed by atoms with Crippen molar-refractivity contribution in [3.63, 3.8) is 0 Å². The maximum absolute atomic E-state index is 13.6. The molecule has 0 aliphatic rings. The van der Waals surface area contributed by atoms with Crippen molar-refractivity contribution in [3.8, 4) is 0 Å². The maximum Gasteiger partial charge on any atom is 0.137 e. The Bertz CT molecular complexity index is 603. The van der Waals surface area contributed by atoms with Crippen LogP contribution >= 0.6 is 27.5 Å². The number of hydrogen-bond donors (Lipinski definition) is 0. The summed E-state index contributed by atoms with van der Waals surface area (Å²) in [6.07, 6.45) is 0. The molecule has 2 aromatic rings. The molecule has 0 aliphatic heterocycles. The largest absolute Gasteiger partial charge is 0.206 e. The molecule has 0 amide bonds. The smallest absolute Gasteiger partial charge is 0.137 e. The Kier molecular flexibility index (Phi) is 4.26. The number of benzene rings is 2. The van der Waals surface area contributed by atoms with Crippen molar-refractivity contribution >= 4 is 27.5 Å². The topological polar surface area (TPSA) is 0 Å². The highest BCUT2D eigenvalue weighted by molar-refractivity contribution is 9.10. The van der Waals surface area contributed by atoms with Crippen molar-refractivity contribution in [1.29, 1.82) is 0 Å². The summed E-state index contributed by atoms with van der Waals surface area (Å²) in [6.45, 7) is 3.38. The second-order valence-electron chi connectivity index (χ2n) is 4.47. The molecule has 0 fully saturated rings. The van der Waals surface area contributed by atoms with Crippen LogP contribution in [-0.4, -0.2) is 0 Å². The van der Waals surface area contributed by atoms with Gasteiger partial charge in [-0.15, -0.1) is 11.6 Å². The van der Waals surface area contributed by atoms with E-state index in [1.165, 1.54) is 6.07 Å². The molecule has 2 rings (SSSR count). The quantitative estimate of drug-likeness (QED) is 0.615. The Morgan fingerprint density at radius 3 is 2.26 bits per heavy atom. The number of hydrogen-bond acceptors (Lipinski definition) is 0. The average Bonchev–Trinajstić information content (AvgIpc) is 2.38. The zero-order chi connectivity index (χ0) is 14.2. The van der Waals surface area contributed by atoms with Crippen LogP contribution in [0.25, 0.3) is 0 Å². The Morgan fingerprint density at radius 2 is 1.68 bits per heavy atom. The Hall–Kier alpha value is -0.930. The molecule has 0 saturated heterocycles. The van der Waals surface area contributed by atoms with E-state index in [0.29, 0.717) is 21.2 Å². The lowest BCUT2D eigenvalue weighted by atomic mass is 9.99. The first-order valence-electron chi connectivity index (χ1n) is 5.76. The molecule has 4 heteroatoms. The molecule has 0 nitrogen and oxygen atoms in total. The highest BCUT2D eigenvalue weighted by Crippen LogP contribution is 2.36. The van der Waals surface area contributed by atoms with Gasteiger partial charge in [0.05, 0.1) is 9.85 Å². The summed E-state index contributed by atoms with van der Waals surface area (Å²) in [5.74, 6) is -0.593. The molecule has 0 aliphatic carbocycles. The van der Waals surface area contributed by atoms with E-state index in [0.717, 1.165) is 5.56 Å². The maximum atomic E-state index is 13.6. The first kappa shape index (κ1) is 14.5. The molecule has 2 aromatic carbocycles. The van der Waals surface area contributed by atoms with Gasteiger partial charge >= 0.3 is 0 Å². The van der Waals surface area contributed by atoms with Crippen LogP contribution in [-0.2, 0) is 0 Å². The fourth-order valence-corrected chi connectivity index (χ4v) is 2.95. The summed E-state index contributed by atoms with van der Waals surface area (Å²) < 4.78 is 27.5. The average molecular weight is 346 g/mol. The summed E-state index contributed by atoms with van der Waals surface area (Å²) >= 11 is 9.58. The summed E-state index contributed by atoms with van der Waals surface area (Å²) in [5, 5.41) is -0.525. The highest BCUT2D eigenvalue weighted by atomic mass is 79.9. The molecule has 1 atom stereocenters. The van der Waals surface area contributed by atoms with Crippen LogP contribution in [0, 0.1) is 25.5 Å². The van der Waals surface area contributed by atoms with Gasteiger partial charge in [0.25, 0.3) is 0 Å². The summed E-state index contributed by atoms with van der Waals surface area (Å²) in [7, 11) is 0. The summed E-state index contributed by atoms with van der Waals surface area (Å²) in [4.78, 5) is 0. The second kappa shape index (κ2) is 5.59. The number of aryl methyl sites for hydroxylation is 2. The van der Waals surface area contributed by atoms with Crippen LogP contribution in [0.5, 0.6) is 0 Å². The van der Waals surface area contributed by atoms with E-state index in [4.69, 9.17) is 11.6 Å². The standard InChI is InChI=1S/C15H12BrClF2/c1-8-6-10(7-9(2)15(8)19)14(17)11-4-3-5-12(18)13(11)16/h3-7,14H,1-2H3. The second-order valence-corrected chi connectivity index (χ2v) is 5.70. The third-order valence-corrected chi connectivity index (χ3v) is 4.33. The van der Waals surface area contributed by atoms with Crippen LogP contribution in [0.3, 0.4) is 0 Å². The van der Waals surface area contributed by atoms with Crippen LogP contribution in [0.1, 0.15) is 27.6 Å². The normalized spacial score (nSPS) is 12.5. The van der Waals surface area contributed by atoms with Gasteiger partial charge < -0.3 is 0 Å². The van der Waals surface area contributed by atoms with Crippen molar-refractivity contribution < 1.29 is 8.78 Å². The van der Waals surface area contributed by atoms with Gasteiger partial charge in [-0.05, 0) is 58.1 Å². The van der Waals surface area contributed by atoms with E-state index in [2.05, 4.69) is 15.9 Å². The zero-order valence-corrected chi connectivity index (χ0v) is 12.8. The van der Waals surface area contributed by atoms with Crippen molar-refractivity contribution in [1.82, 2.24) is 0 Å². The van der Waals surface area contributed by atoms with E-state index in [1.807, 2.05) is 0 Å². The zero-order valence-electron chi connectivity index (χ0n) is 10.5. The van der Waals surface area contributed by atoms with Crippen LogP contribution in [0.15, 0.2) is 34.8 Å². The van der Waals surface area contributed by atoms with Crippen molar-refractivity contribution in [2.24, 2.45) is 0 Å². The van der Waals surface area contributed by atoms with E-state index >= 15 is 0 Å². The summed E-state index contributed by atoms with van der Waals surface area (Å²) in [6, 6.07) is 8.10. The molecule has 0 spiro atoms. The molecule has 0 heterocycles. The SMILES string of the molecule is Cc1cc(C(Cl)c2cccc(F)c2Br)cc(C)c1F. The Labute approximate surface area is 124 Å². The fourth-order valence-electron chi connectivity index (χ4n) is 2.02. The van der Waals surface area contributed by atoms with Gasteiger partial charge in [0.15, 0.2) is 0 Å². The minimum Gasteiger partial charge on any atom is -0.206 e. The number of halogens is 4. The molecular weight excluding hydrogens is 334 g/mol. The molecule has 0 bridgehead atoms. The molecule has 1 unspecified atom stereocenters. The van der Waals surface area contributed by atoms with Gasteiger partial charge in [0.2, 0.25) is 0 Å². The highest BCUT2D eigenvalue weighted by Gasteiger charge is 2.18. The number of rotatable bonds is 2. The van der Waals surface area contributed by atoms with Gasteiger partial charge in [-0.1, -0.05) is 24.3 Å². The lowest BCUT2D eigenvalue weighted by Gasteiger charge is -2.15. The molecule has 0 aromatic heterocycles. The van der Waals surface area contributed by atoms with E-state index in [-0.39, 0.29) is 11.6 Å². The minimum absolute atomic E-state index is 0.231. The van der Waals surface area contributed by atoms with E-state index < -0.39 is 5.38 Å². The van der Waals surface area contributed by atoms with E-state index in [1.54, 1.807) is 38.1 Å². The predicted octanol–water partition coefficient (Wildman–Crippen LogP) is 5.67. The first-order valence-corrected chi connectivity index (χ1v) is 6.99. The molecule has 0 N–H and O–H groups in total. The molecule has 0 radical (unpaired) electrons. The van der Waals surface area contributed by atoms with Crippen LogP contribution in [0.4, 0.5) is 8.78 Å². The molecule has 19 heavy (non-hydrogen) atoms. The van der Waals surface area contributed by atoms with Gasteiger partial charge in [0.1, 0.15) is 11.6 Å². The van der Waals surface area contributed by atoms with Crippen molar-refractivity contribution in [3.05, 3.63) is 68.7 Å². The lowest BCUT2D eigenvalue weighted by Crippen LogP contribution is -1.99. The van der Waals surface area contributed by atoms with Crippen molar-refractivity contribution in [2.45, 2.75) is 19.2 Å². The molecular formula is C15H12BrClF2. The lowest BCUT2D eigenvalue weighted by molar-refractivity contribution is 0.608. The minimum atomic E-state index is -0.525. The molecule has 0 saturated carbocycles. The van der Waals surface area contributed by atoms with Crippen molar-refractivity contribution in [2.75, 3.05) is 0 Å². The Balaban J connectivity index is 2.50. The third-order valence-electron chi connectivity index (χ3n) is 3.01.